The highest BCUT2D eigenvalue weighted by atomic mass is 35.5. The number of rotatable bonds is 3. The highest BCUT2D eigenvalue weighted by Gasteiger charge is 2.46. The molecule has 0 aromatic carbocycles. The number of nitrogens with zero attached hydrogens (tertiary/aromatic N) is 6. The van der Waals surface area contributed by atoms with Crippen molar-refractivity contribution in [2.75, 3.05) is 23.7 Å². The molecule has 1 aliphatic carbocycles. The Hall–Kier alpha value is -2.88. The van der Waals surface area contributed by atoms with Crippen molar-refractivity contribution in [2.45, 2.75) is 42.1 Å². The van der Waals surface area contributed by atoms with Crippen LogP contribution in [0.5, 0.6) is 0 Å². The number of aromatic nitrogens is 5. The molecular formula is C24H25ClN8S. The van der Waals surface area contributed by atoms with Gasteiger partial charge in [-0.2, -0.15) is 5.10 Å². The lowest BCUT2D eigenvalue weighted by Crippen LogP contribution is -2.44. The smallest absolute Gasteiger partial charge is 0.155 e. The molecule has 1 unspecified atom stereocenters. The van der Waals surface area contributed by atoms with Gasteiger partial charge in [-0.05, 0) is 55.4 Å². The summed E-state index contributed by atoms with van der Waals surface area (Å²) in [5, 5.41) is 5.96. The van der Waals surface area contributed by atoms with Crippen LogP contribution in [0.4, 0.5) is 11.6 Å². The molecule has 174 valence electrons. The highest BCUT2D eigenvalue weighted by molar-refractivity contribution is 7.99. The number of nitrogens with two attached hydrogens (primary N) is 2. The second-order valence-corrected chi connectivity index (χ2v) is 10.5. The Balaban J connectivity index is 1.29. The molecular weight excluding hydrogens is 468 g/mol. The highest BCUT2D eigenvalue weighted by Crippen LogP contribution is 2.50. The Morgan fingerprint density at radius 2 is 1.94 bits per heavy atom. The summed E-state index contributed by atoms with van der Waals surface area (Å²) < 4.78 is 1.95. The van der Waals surface area contributed by atoms with Crippen molar-refractivity contribution in [3.05, 3.63) is 64.8 Å². The Bertz CT molecular complexity index is 1400. The zero-order chi connectivity index (χ0) is 23.4. The lowest BCUT2D eigenvalue weighted by atomic mass is 9.73. The van der Waals surface area contributed by atoms with Gasteiger partial charge in [0, 0.05) is 42.1 Å². The number of aryl methyl sites for hydroxylation is 1. The lowest BCUT2D eigenvalue weighted by molar-refractivity contribution is 0.186. The number of anilines is 2. The van der Waals surface area contributed by atoms with Crippen molar-refractivity contribution in [3.63, 3.8) is 0 Å². The van der Waals surface area contributed by atoms with E-state index < -0.39 is 0 Å². The number of pyridine rings is 2. The topological polar surface area (TPSA) is 111 Å². The van der Waals surface area contributed by atoms with E-state index in [0.29, 0.717) is 10.8 Å². The molecule has 0 amide bonds. The SMILES string of the molecule is Cc1nc(N2CCC3(CC2)Cc2ncccc2C3N)c2ccnn2c1Sc1ccnc(N)c1Cl. The number of piperidine rings is 1. The number of hydrogen-bond acceptors (Lipinski definition) is 8. The summed E-state index contributed by atoms with van der Waals surface area (Å²) in [4.78, 5) is 16.9. The summed E-state index contributed by atoms with van der Waals surface area (Å²) in [5.74, 6) is 1.27. The number of hydrogen-bond donors (Lipinski definition) is 2. The summed E-state index contributed by atoms with van der Waals surface area (Å²) in [7, 11) is 0. The molecule has 6 rings (SSSR count). The molecule has 4 aromatic heterocycles. The quantitative estimate of drug-likeness (QED) is 0.440. The van der Waals surface area contributed by atoms with Gasteiger partial charge < -0.3 is 16.4 Å². The van der Waals surface area contributed by atoms with Gasteiger partial charge in [-0.1, -0.05) is 29.4 Å². The third-order valence-electron chi connectivity index (χ3n) is 7.23. The minimum atomic E-state index is 0.0411. The fraction of sp³-hybridized carbons (Fsp3) is 0.333. The van der Waals surface area contributed by atoms with Gasteiger partial charge in [-0.25, -0.2) is 14.5 Å². The molecule has 1 aliphatic heterocycles. The molecule has 1 saturated heterocycles. The van der Waals surface area contributed by atoms with Crippen LogP contribution in [0.25, 0.3) is 5.52 Å². The fourth-order valence-corrected chi connectivity index (χ4v) is 6.52. The fourth-order valence-electron chi connectivity index (χ4n) is 5.33. The largest absolute Gasteiger partial charge is 0.382 e. The summed E-state index contributed by atoms with van der Waals surface area (Å²) in [5.41, 5.74) is 16.9. The van der Waals surface area contributed by atoms with Crippen LogP contribution in [0, 0.1) is 12.3 Å². The second kappa shape index (κ2) is 8.11. The lowest BCUT2D eigenvalue weighted by Gasteiger charge is -2.42. The average Bonchev–Trinajstić information content (AvgIpc) is 3.43. The van der Waals surface area contributed by atoms with Crippen molar-refractivity contribution in [1.82, 2.24) is 24.6 Å². The molecule has 1 fully saturated rings. The molecule has 5 heterocycles. The van der Waals surface area contributed by atoms with Gasteiger partial charge in [0.1, 0.15) is 16.4 Å². The maximum absolute atomic E-state index is 6.74. The molecule has 0 bridgehead atoms. The molecule has 4 aromatic rings. The Kier molecular flexibility index (Phi) is 5.16. The molecule has 0 radical (unpaired) electrons. The van der Waals surface area contributed by atoms with Gasteiger partial charge in [-0.15, -0.1) is 0 Å². The summed E-state index contributed by atoms with van der Waals surface area (Å²) >= 11 is 7.89. The van der Waals surface area contributed by atoms with Crippen molar-refractivity contribution < 1.29 is 0 Å². The second-order valence-electron chi connectivity index (χ2n) is 9.11. The molecule has 34 heavy (non-hydrogen) atoms. The first kappa shape index (κ1) is 21.6. The van der Waals surface area contributed by atoms with Gasteiger partial charge in [0.25, 0.3) is 0 Å². The van der Waals surface area contributed by atoms with Crippen LogP contribution < -0.4 is 16.4 Å². The summed E-state index contributed by atoms with van der Waals surface area (Å²) in [6, 6.07) is 8.03. The zero-order valence-electron chi connectivity index (χ0n) is 18.8. The predicted molar refractivity (Wildman–Crippen MR) is 134 cm³/mol. The van der Waals surface area contributed by atoms with Gasteiger partial charge in [-0.3, -0.25) is 4.98 Å². The Morgan fingerprint density at radius 3 is 2.74 bits per heavy atom. The standard InChI is InChI=1S/C24H25ClN8S/c1-14-23(34-18-5-9-29-21(27)19(18)25)33-17(4-10-30-33)22(31-14)32-11-6-24(7-12-32)13-16-15(20(24)26)3-2-8-28-16/h2-5,8-10,20H,6-7,11-13,26H2,1H3,(H2,27,29). The van der Waals surface area contributed by atoms with Crippen LogP contribution in [0.2, 0.25) is 5.02 Å². The first-order valence-electron chi connectivity index (χ1n) is 11.3. The minimum absolute atomic E-state index is 0.0411. The zero-order valence-corrected chi connectivity index (χ0v) is 20.4. The van der Waals surface area contributed by atoms with Gasteiger partial charge >= 0.3 is 0 Å². The van der Waals surface area contributed by atoms with Crippen molar-refractivity contribution >= 4 is 40.5 Å². The van der Waals surface area contributed by atoms with Crippen LogP contribution in [0.1, 0.15) is 35.8 Å². The number of halogens is 1. The minimum Gasteiger partial charge on any atom is -0.382 e. The van der Waals surface area contributed by atoms with Crippen molar-refractivity contribution in [3.8, 4) is 0 Å². The van der Waals surface area contributed by atoms with Crippen molar-refractivity contribution in [2.24, 2.45) is 11.1 Å². The Morgan fingerprint density at radius 1 is 1.12 bits per heavy atom. The van der Waals surface area contributed by atoms with E-state index in [4.69, 9.17) is 28.1 Å². The molecule has 1 spiro atoms. The third kappa shape index (κ3) is 3.33. The molecule has 1 atom stereocenters. The van der Waals surface area contributed by atoms with Crippen LogP contribution in [0.15, 0.2) is 52.8 Å². The summed E-state index contributed by atoms with van der Waals surface area (Å²) in [6.07, 6.45) is 8.31. The van der Waals surface area contributed by atoms with E-state index >= 15 is 0 Å². The van der Waals surface area contributed by atoms with E-state index in [9.17, 15) is 0 Å². The van der Waals surface area contributed by atoms with E-state index in [0.717, 1.165) is 65.0 Å². The van der Waals surface area contributed by atoms with Crippen LogP contribution in [-0.2, 0) is 6.42 Å². The molecule has 4 N–H and O–H groups in total. The van der Waals surface area contributed by atoms with Crippen LogP contribution >= 0.6 is 23.4 Å². The number of nitrogen functional groups attached to an aromatic ring is 1. The van der Waals surface area contributed by atoms with Gasteiger partial charge in [0.2, 0.25) is 0 Å². The predicted octanol–water partition coefficient (Wildman–Crippen LogP) is 4.06. The van der Waals surface area contributed by atoms with Crippen LogP contribution in [-0.4, -0.2) is 37.7 Å². The van der Waals surface area contributed by atoms with E-state index in [1.807, 2.05) is 42.0 Å². The van der Waals surface area contributed by atoms with Crippen LogP contribution in [0.3, 0.4) is 0 Å². The molecule has 8 nitrogen and oxygen atoms in total. The molecule has 0 saturated carbocycles. The first-order chi connectivity index (χ1) is 16.5. The maximum atomic E-state index is 6.74. The van der Waals surface area contributed by atoms with Gasteiger partial charge in [0.15, 0.2) is 5.82 Å². The monoisotopic (exact) mass is 492 g/mol. The van der Waals surface area contributed by atoms with E-state index in [2.05, 4.69) is 26.0 Å². The summed E-state index contributed by atoms with van der Waals surface area (Å²) in [6.45, 7) is 3.80. The normalized spacial score (nSPS) is 19.1. The third-order valence-corrected chi connectivity index (χ3v) is 8.96. The van der Waals surface area contributed by atoms with E-state index in [-0.39, 0.29) is 11.5 Å². The molecule has 2 aliphatic rings. The Labute approximate surface area is 206 Å². The first-order valence-corrected chi connectivity index (χ1v) is 12.5. The maximum Gasteiger partial charge on any atom is 0.155 e. The van der Waals surface area contributed by atoms with Crippen molar-refractivity contribution in [1.29, 1.82) is 0 Å². The van der Waals surface area contributed by atoms with Gasteiger partial charge in [0.05, 0.1) is 16.9 Å². The van der Waals surface area contributed by atoms with E-state index in [1.165, 1.54) is 17.3 Å². The molecule has 10 heteroatoms. The average molecular weight is 493 g/mol. The van der Waals surface area contributed by atoms with E-state index in [1.54, 1.807) is 6.20 Å². The number of fused-ring (bicyclic) bond motifs is 2.